The van der Waals surface area contributed by atoms with E-state index in [1.54, 1.807) is 37.3 Å². The number of nitrogens with zero attached hydrogens (tertiary/aromatic N) is 3. The summed E-state index contributed by atoms with van der Waals surface area (Å²) in [6.45, 7) is 1.58. The highest BCUT2D eigenvalue weighted by Crippen LogP contribution is 2.25. The van der Waals surface area contributed by atoms with Gasteiger partial charge in [0.25, 0.3) is 0 Å². The van der Waals surface area contributed by atoms with Crippen molar-refractivity contribution in [2.75, 3.05) is 5.32 Å². The molecule has 1 aromatic heterocycles. The van der Waals surface area contributed by atoms with E-state index in [4.69, 9.17) is 11.6 Å². The summed E-state index contributed by atoms with van der Waals surface area (Å²) in [7, 11) is 0. The first-order valence-corrected chi connectivity index (χ1v) is 7.13. The third-order valence-electron chi connectivity index (χ3n) is 3.29. The molecule has 0 unspecified atom stereocenters. The molecule has 0 bridgehead atoms. The molecule has 24 heavy (non-hydrogen) atoms. The summed E-state index contributed by atoms with van der Waals surface area (Å²) >= 11 is 5.82. The third-order valence-corrected chi connectivity index (χ3v) is 3.54. The number of amides is 1. The van der Waals surface area contributed by atoms with Crippen LogP contribution in [0.4, 0.5) is 18.9 Å². The Hall–Kier alpha value is -2.61. The van der Waals surface area contributed by atoms with Crippen molar-refractivity contribution in [3.05, 3.63) is 47.0 Å². The van der Waals surface area contributed by atoms with E-state index in [0.29, 0.717) is 27.3 Å². The first kappa shape index (κ1) is 16.3. The molecule has 0 radical (unpaired) electrons. The van der Waals surface area contributed by atoms with Crippen LogP contribution >= 0.6 is 11.6 Å². The molecule has 1 amide bonds. The maximum absolute atomic E-state index is 12.4. The van der Waals surface area contributed by atoms with Crippen LogP contribution in [0.5, 0.6) is 0 Å². The van der Waals surface area contributed by atoms with Crippen molar-refractivity contribution < 1.29 is 18.0 Å². The highest BCUT2D eigenvalue weighted by molar-refractivity contribution is 6.30. The zero-order chi connectivity index (χ0) is 17.5. The molecule has 0 atom stereocenters. The van der Waals surface area contributed by atoms with Gasteiger partial charge in [-0.25, -0.2) is 0 Å². The van der Waals surface area contributed by atoms with Gasteiger partial charge in [0.2, 0.25) is 0 Å². The van der Waals surface area contributed by atoms with Gasteiger partial charge >= 0.3 is 12.1 Å². The normalized spacial score (nSPS) is 11.7. The van der Waals surface area contributed by atoms with Crippen LogP contribution in [-0.4, -0.2) is 27.1 Å². The van der Waals surface area contributed by atoms with Crippen LogP contribution in [-0.2, 0) is 4.79 Å². The van der Waals surface area contributed by atoms with E-state index in [2.05, 4.69) is 10.2 Å². The molecule has 124 valence electrons. The molecule has 0 spiro atoms. The van der Waals surface area contributed by atoms with Gasteiger partial charge in [0.1, 0.15) is 11.0 Å². The van der Waals surface area contributed by atoms with E-state index in [0.717, 1.165) is 0 Å². The van der Waals surface area contributed by atoms with E-state index in [-0.39, 0.29) is 5.69 Å². The van der Waals surface area contributed by atoms with Crippen molar-refractivity contribution in [2.45, 2.75) is 13.1 Å². The Labute approximate surface area is 139 Å². The minimum atomic E-state index is -4.96. The van der Waals surface area contributed by atoms with Crippen LogP contribution in [0, 0.1) is 6.92 Å². The Bertz CT molecular complexity index is 919. The number of aryl methyl sites for hydroxylation is 1. The predicted molar refractivity (Wildman–Crippen MR) is 83.3 cm³/mol. The second kappa shape index (κ2) is 5.79. The molecule has 9 heteroatoms. The molecular formula is C15H10ClF3N4O. The molecule has 5 nitrogen and oxygen atoms in total. The largest absolute Gasteiger partial charge is 0.471 e. The quantitative estimate of drug-likeness (QED) is 0.759. The smallest absolute Gasteiger partial charge is 0.318 e. The van der Waals surface area contributed by atoms with Crippen LogP contribution < -0.4 is 5.32 Å². The first-order valence-electron chi connectivity index (χ1n) is 6.76. The summed E-state index contributed by atoms with van der Waals surface area (Å²) < 4.78 is 37.2. The van der Waals surface area contributed by atoms with Gasteiger partial charge in [-0.1, -0.05) is 11.6 Å². The lowest BCUT2D eigenvalue weighted by atomic mass is 10.1. The first-order chi connectivity index (χ1) is 11.2. The molecule has 0 saturated heterocycles. The average molecular weight is 355 g/mol. The molecule has 3 rings (SSSR count). The molecule has 1 heterocycles. The Kier molecular flexibility index (Phi) is 3.92. The van der Waals surface area contributed by atoms with Crippen molar-refractivity contribution in [3.8, 4) is 5.69 Å². The molecule has 0 aliphatic carbocycles. The minimum absolute atomic E-state index is 0.0352. The molecule has 3 aromatic rings. The van der Waals surface area contributed by atoms with Crippen molar-refractivity contribution in [2.24, 2.45) is 0 Å². The number of halogens is 4. The van der Waals surface area contributed by atoms with Gasteiger partial charge in [0.05, 0.1) is 5.69 Å². The maximum Gasteiger partial charge on any atom is 0.471 e. The summed E-state index contributed by atoms with van der Waals surface area (Å²) in [5, 5.41) is 10.9. The Balaban J connectivity index is 1.99. The molecule has 2 aromatic carbocycles. The fourth-order valence-corrected chi connectivity index (χ4v) is 2.21. The number of benzene rings is 2. The highest BCUT2D eigenvalue weighted by Gasteiger charge is 2.38. The van der Waals surface area contributed by atoms with Crippen LogP contribution in [0.2, 0.25) is 5.02 Å². The number of fused-ring (bicyclic) bond motifs is 1. The van der Waals surface area contributed by atoms with Gasteiger partial charge < -0.3 is 5.32 Å². The monoisotopic (exact) mass is 354 g/mol. The lowest BCUT2D eigenvalue weighted by Gasteiger charge is -2.09. The highest BCUT2D eigenvalue weighted by atomic mass is 35.5. The zero-order valence-electron chi connectivity index (χ0n) is 12.2. The Morgan fingerprint density at radius 1 is 1.12 bits per heavy atom. The minimum Gasteiger partial charge on any atom is -0.318 e. The standard InChI is InChI=1S/C15H10ClF3N4O/c1-8-6-12-13(7-11(8)20-14(24)15(17,18)19)22-23(21-12)10-4-2-9(16)3-5-10/h2-7H,1H3,(H,20,24). The second-order valence-corrected chi connectivity index (χ2v) is 5.51. The third kappa shape index (κ3) is 3.18. The average Bonchev–Trinajstić information content (AvgIpc) is 2.90. The SMILES string of the molecule is Cc1cc2nn(-c3ccc(Cl)cc3)nc2cc1NC(=O)C(F)(F)F. The molecule has 0 aliphatic heterocycles. The summed E-state index contributed by atoms with van der Waals surface area (Å²) in [4.78, 5) is 12.4. The number of rotatable bonds is 2. The van der Waals surface area contributed by atoms with Gasteiger partial charge in [0, 0.05) is 10.7 Å². The number of aromatic nitrogens is 3. The lowest BCUT2D eigenvalue weighted by Crippen LogP contribution is -2.30. The topological polar surface area (TPSA) is 59.8 Å². The van der Waals surface area contributed by atoms with Crippen molar-refractivity contribution in [3.63, 3.8) is 0 Å². The zero-order valence-corrected chi connectivity index (χ0v) is 13.0. The number of hydrogen-bond donors (Lipinski definition) is 1. The maximum atomic E-state index is 12.4. The van der Waals surface area contributed by atoms with Gasteiger partial charge in [0.15, 0.2) is 0 Å². The summed E-state index contributed by atoms with van der Waals surface area (Å²) in [5.74, 6) is -2.03. The number of alkyl halides is 3. The fraction of sp³-hybridized carbons (Fsp3) is 0.133. The van der Waals surface area contributed by atoms with E-state index in [1.807, 2.05) is 5.32 Å². The van der Waals surface area contributed by atoms with Crippen molar-refractivity contribution >= 4 is 34.2 Å². The van der Waals surface area contributed by atoms with Gasteiger partial charge in [-0.2, -0.15) is 18.0 Å². The Morgan fingerprint density at radius 2 is 1.71 bits per heavy atom. The summed E-state index contributed by atoms with van der Waals surface area (Å²) in [6, 6.07) is 9.67. The van der Waals surface area contributed by atoms with Gasteiger partial charge in [-0.05, 0) is 48.9 Å². The van der Waals surface area contributed by atoms with Gasteiger partial charge in [-0.3, -0.25) is 4.79 Å². The van der Waals surface area contributed by atoms with Crippen LogP contribution in [0.25, 0.3) is 16.7 Å². The molecule has 0 fully saturated rings. The number of hydrogen-bond acceptors (Lipinski definition) is 3. The molecular weight excluding hydrogens is 345 g/mol. The summed E-state index contributed by atoms with van der Waals surface area (Å²) in [5.41, 5.74) is 1.98. The van der Waals surface area contributed by atoms with Crippen molar-refractivity contribution in [1.29, 1.82) is 0 Å². The van der Waals surface area contributed by atoms with Crippen LogP contribution in [0.1, 0.15) is 5.56 Å². The van der Waals surface area contributed by atoms with E-state index in [1.165, 1.54) is 10.9 Å². The predicted octanol–water partition coefficient (Wildman–Crippen LogP) is 3.88. The molecule has 1 N–H and O–H groups in total. The molecule has 0 aliphatic rings. The number of anilines is 1. The lowest BCUT2D eigenvalue weighted by molar-refractivity contribution is -0.167. The fourth-order valence-electron chi connectivity index (χ4n) is 2.09. The van der Waals surface area contributed by atoms with E-state index in [9.17, 15) is 18.0 Å². The van der Waals surface area contributed by atoms with Crippen LogP contribution in [0.15, 0.2) is 36.4 Å². The van der Waals surface area contributed by atoms with E-state index < -0.39 is 12.1 Å². The van der Waals surface area contributed by atoms with Crippen molar-refractivity contribution in [1.82, 2.24) is 15.0 Å². The number of nitrogens with one attached hydrogen (secondary N) is 1. The molecule has 0 saturated carbocycles. The van der Waals surface area contributed by atoms with E-state index >= 15 is 0 Å². The van der Waals surface area contributed by atoms with Gasteiger partial charge in [-0.15, -0.1) is 10.2 Å². The number of carbonyl (C=O) groups is 1. The second-order valence-electron chi connectivity index (χ2n) is 5.07. The summed E-state index contributed by atoms with van der Waals surface area (Å²) in [6.07, 6.45) is -4.96. The Morgan fingerprint density at radius 3 is 2.29 bits per heavy atom. The number of carbonyl (C=O) groups excluding carboxylic acids is 1. The van der Waals surface area contributed by atoms with Crippen LogP contribution in [0.3, 0.4) is 0 Å².